The van der Waals surface area contributed by atoms with E-state index in [1.807, 2.05) is 6.92 Å². The van der Waals surface area contributed by atoms with Crippen LogP contribution >= 0.6 is 23.2 Å². The zero-order valence-electron chi connectivity index (χ0n) is 12.2. The van der Waals surface area contributed by atoms with Gasteiger partial charge in [0.05, 0.1) is 11.1 Å². The first-order valence-electron chi connectivity index (χ1n) is 7.15. The van der Waals surface area contributed by atoms with Gasteiger partial charge in [0.15, 0.2) is 5.78 Å². The van der Waals surface area contributed by atoms with Crippen LogP contribution in [0.4, 0.5) is 0 Å². The molecule has 0 aliphatic carbocycles. The predicted molar refractivity (Wildman–Crippen MR) is 84.8 cm³/mol. The van der Waals surface area contributed by atoms with Gasteiger partial charge in [-0.05, 0) is 57.4 Å². The summed E-state index contributed by atoms with van der Waals surface area (Å²) in [5.41, 5.74) is 0.564. The van der Waals surface area contributed by atoms with E-state index in [0.717, 1.165) is 25.3 Å². The smallest absolute Gasteiger partial charge is 0.181 e. The molecule has 1 heterocycles. The van der Waals surface area contributed by atoms with E-state index >= 15 is 0 Å². The van der Waals surface area contributed by atoms with Crippen LogP contribution in [0.2, 0.25) is 10.0 Å². The van der Waals surface area contributed by atoms with Gasteiger partial charge >= 0.3 is 0 Å². The number of likely N-dealkylation sites (tertiary alicyclic amines) is 1. The number of halogens is 2. The van der Waals surface area contributed by atoms with Crippen LogP contribution in [0.5, 0.6) is 0 Å². The molecule has 3 unspecified atom stereocenters. The highest BCUT2D eigenvalue weighted by atomic mass is 35.5. The Hall–Kier alpha value is -0.570. The third kappa shape index (κ3) is 3.36. The molecule has 20 heavy (non-hydrogen) atoms. The van der Waals surface area contributed by atoms with Crippen LogP contribution in [0.1, 0.15) is 44.0 Å². The van der Waals surface area contributed by atoms with E-state index in [-0.39, 0.29) is 11.8 Å². The van der Waals surface area contributed by atoms with Crippen LogP contribution in [0.25, 0.3) is 0 Å². The number of ketones is 1. The molecule has 0 aromatic heterocycles. The summed E-state index contributed by atoms with van der Waals surface area (Å²) >= 11 is 12.0. The Kier molecular flexibility index (Phi) is 5.11. The number of carbonyl (C=O) groups is 1. The Morgan fingerprint density at radius 2 is 2.05 bits per heavy atom. The van der Waals surface area contributed by atoms with E-state index < -0.39 is 0 Å². The minimum Gasteiger partial charge on any atom is -0.292 e. The first kappa shape index (κ1) is 15.8. The molecule has 2 nitrogen and oxygen atoms in total. The number of rotatable bonds is 3. The molecule has 1 aliphatic heterocycles. The summed E-state index contributed by atoms with van der Waals surface area (Å²) in [6.07, 6.45) is 2.29. The standard InChI is InChI=1S/C16H21Cl2NO/c1-10-6-7-19(11(2)8-10)12(3)16(20)14-5-4-13(17)9-15(14)18/h4-5,9-12H,6-8H2,1-3H3. The van der Waals surface area contributed by atoms with E-state index in [4.69, 9.17) is 23.2 Å². The highest BCUT2D eigenvalue weighted by molar-refractivity contribution is 6.37. The van der Waals surface area contributed by atoms with Gasteiger partial charge in [-0.3, -0.25) is 9.69 Å². The van der Waals surface area contributed by atoms with Crippen molar-refractivity contribution in [1.82, 2.24) is 4.90 Å². The summed E-state index contributed by atoms with van der Waals surface area (Å²) in [7, 11) is 0. The van der Waals surface area contributed by atoms with E-state index in [1.165, 1.54) is 0 Å². The molecule has 110 valence electrons. The first-order valence-corrected chi connectivity index (χ1v) is 7.90. The normalized spacial score (nSPS) is 25.4. The number of nitrogens with zero attached hydrogens (tertiary/aromatic N) is 1. The van der Waals surface area contributed by atoms with Crippen molar-refractivity contribution in [2.45, 2.75) is 45.7 Å². The zero-order valence-corrected chi connectivity index (χ0v) is 13.7. The fourth-order valence-corrected chi connectivity index (χ4v) is 3.57. The predicted octanol–water partition coefficient (Wildman–Crippen LogP) is 4.69. The molecule has 1 aromatic rings. The molecule has 1 saturated heterocycles. The second kappa shape index (κ2) is 6.46. The number of Topliss-reactive ketones (excluding diaryl/α,β-unsaturated/α-hetero) is 1. The van der Waals surface area contributed by atoms with E-state index in [9.17, 15) is 4.79 Å². The van der Waals surface area contributed by atoms with Crippen molar-refractivity contribution in [3.63, 3.8) is 0 Å². The number of hydrogen-bond acceptors (Lipinski definition) is 2. The SMILES string of the molecule is CC1CCN(C(C)C(=O)c2ccc(Cl)cc2Cl)C(C)C1. The van der Waals surface area contributed by atoms with Gasteiger partial charge in [0.25, 0.3) is 0 Å². The topological polar surface area (TPSA) is 20.3 Å². The number of benzene rings is 1. The van der Waals surface area contributed by atoms with Crippen molar-refractivity contribution >= 4 is 29.0 Å². The fraction of sp³-hybridized carbons (Fsp3) is 0.562. The van der Waals surface area contributed by atoms with Crippen molar-refractivity contribution in [2.75, 3.05) is 6.54 Å². The summed E-state index contributed by atoms with van der Waals surface area (Å²) in [5, 5.41) is 0.992. The van der Waals surface area contributed by atoms with Crippen molar-refractivity contribution < 1.29 is 4.79 Å². The molecular weight excluding hydrogens is 293 g/mol. The highest BCUT2D eigenvalue weighted by Gasteiger charge is 2.31. The monoisotopic (exact) mass is 313 g/mol. The van der Waals surface area contributed by atoms with Crippen molar-refractivity contribution in [1.29, 1.82) is 0 Å². The Morgan fingerprint density at radius 1 is 1.35 bits per heavy atom. The van der Waals surface area contributed by atoms with Gasteiger partial charge in [0.1, 0.15) is 0 Å². The van der Waals surface area contributed by atoms with E-state index in [2.05, 4.69) is 18.7 Å². The Morgan fingerprint density at radius 3 is 2.65 bits per heavy atom. The molecule has 0 spiro atoms. The molecule has 1 aliphatic rings. The second-order valence-corrected chi connectivity index (χ2v) is 6.72. The molecule has 4 heteroatoms. The van der Waals surface area contributed by atoms with Crippen LogP contribution in [0.3, 0.4) is 0 Å². The maximum atomic E-state index is 12.6. The van der Waals surface area contributed by atoms with Crippen molar-refractivity contribution in [2.24, 2.45) is 5.92 Å². The van der Waals surface area contributed by atoms with Crippen LogP contribution in [0, 0.1) is 5.92 Å². The summed E-state index contributed by atoms with van der Waals surface area (Å²) in [5.74, 6) is 0.816. The lowest BCUT2D eigenvalue weighted by Crippen LogP contribution is -2.48. The molecule has 3 atom stereocenters. The lowest BCUT2D eigenvalue weighted by Gasteiger charge is -2.39. The second-order valence-electron chi connectivity index (χ2n) is 5.88. The van der Waals surface area contributed by atoms with Gasteiger partial charge < -0.3 is 0 Å². The number of piperidine rings is 1. The molecule has 1 aromatic carbocycles. The Bertz CT molecular complexity index is 503. The fourth-order valence-electron chi connectivity index (χ4n) is 3.07. The third-order valence-electron chi connectivity index (χ3n) is 4.26. The summed E-state index contributed by atoms with van der Waals surface area (Å²) < 4.78 is 0. The van der Waals surface area contributed by atoms with Crippen LogP contribution in [-0.4, -0.2) is 29.3 Å². The first-order chi connectivity index (χ1) is 9.40. The lowest BCUT2D eigenvalue weighted by molar-refractivity contribution is 0.0628. The maximum Gasteiger partial charge on any atom is 0.181 e. The average molecular weight is 314 g/mol. The zero-order chi connectivity index (χ0) is 14.9. The van der Waals surface area contributed by atoms with Crippen LogP contribution in [-0.2, 0) is 0 Å². The van der Waals surface area contributed by atoms with Crippen molar-refractivity contribution in [3.8, 4) is 0 Å². The van der Waals surface area contributed by atoms with Gasteiger partial charge in [0, 0.05) is 16.6 Å². The van der Waals surface area contributed by atoms with Gasteiger partial charge in [-0.15, -0.1) is 0 Å². The Labute approximate surface area is 131 Å². The minimum absolute atomic E-state index is 0.0769. The summed E-state index contributed by atoms with van der Waals surface area (Å²) in [6, 6.07) is 5.36. The molecule has 0 saturated carbocycles. The molecular formula is C16H21Cl2NO. The molecule has 0 N–H and O–H groups in total. The van der Waals surface area contributed by atoms with Crippen LogP contribution in [0.15, 0.2) is 18.2 Å². The third-order valence-corrected chi connectivity index (χ3v) is 4.81. The number of hydrogen-bond donors (Lipinski definition) is 0. The summed E-state index contributed by atoms with van der Waals surface area (Å²) in [6.45, 7) is 7.42. The minimum atomic E-state index is -0.142. The molecule has 2 rings (SSSR count). The van der Waals surface area contributed by atoms with Gasteiger partial charge in [-0.25, -0.2) is 0 Å². The van der Waals surface area contributed by atoms with Gasteiger partial charge in [-0.2, -0.15) is 0 Å². The van der Waals surface area contributed by atoms with Gasteiger partial charge in [-0.1, -0.05) is 30.1 Å². The highest BCUT2D eigenvalue weighted by Crippen LogP contribution is 2.27. The van der Waals surface area contributed by atoms with Crippen LogP contribution < -0.4 is 0 Å². The quantitative estimate of drug-likeness (QED) is 0.755. The maximum absolute atomic E-state index is 12.6. The summed E-state index contributed by atoms with van der Waals surface area (Å²) in [4.78, 5) is 14.9. The van der Waals surface area contributed by atoms with Gasteiger partial charge in [0.2, 0.25) is 0 Å². The largest absolute Gasteiger partial charge is 0.292 e. The van der Waals surface area contributed by atoms with E-state index in [0.29, 0.717) is 21.7 Å². The van der Waals surface area contributed by atoms with E-state index in [1.54, 1.807) is 18.2 Å². The number of carbonyl (C=O) groups excluding carboxylic acids is 1. The average Bonchev–Trinajstić information content (AvgIpc) is 2.37. The Balaban J connectivity index is 2.16. The molecule has 0 bridgehead atoms. The molecule has 1 fully saturated rings. The van der Waals surface area contributed by atoms with Crippen molar-refractivity contribution in [3.05, 3.63) is 33.8 Å². The molecule has 0 radical (unpaired) electrons. The lowest BCUT2D eigenvalue weighted by atomic mass is 9.91. The molecule has 0 amide bonds.